The maximum absolute atomic E-state index is 13.3. The van der Waals surface area contributed by atoms with Crippen LogP contribution in [0.1, 0.15) is 11.1 Å². The number of nitrogens with two attached hydrogens (primary N) is 1. The standard InChI is InChI=1S/C10H10FNO2/c11-8-1-2-9(12)7-4-5(10(13)14)3-6(7)8/h1-2,5H,3-4,12H2,(H,13,14). The van der Waals surface area contributed by atoms with Gasteiger partial charge in [0.2, 0.25) is 0 Å². The van der Waals surface area contributed by atoms with E-state index in [-0.39, 0.29) is 12.2 Å². The number of rotatable bonds is 1. The Kier molecular flexibility index (Phi) is 1.91. The van der Waals surface area contributed by atoms with Gasteiger partial charge in [-0.1, -0.05) is 0 Å². The zero-order valence-corrected chi connectivity index (χ0v) is 7.46. The summed E-state index contributed by atoms with van der Waals surface area (Å²) in [5.41, 5.74) is 7.27. The number of hydrogen-bond acceptors (Lipinski definition) is 2. The molecule has 1 aliphatic rings. The number of hydrogen-bond donors (Lipinski definition) is 2. The lowest BCUT2D eigenvalue weighted by atomic mass is 10.1. The average Bonchev–Trinajstić information content (AvgIpc) is 2.57. The number of carboxylic acid groups (broad SMARTS) is 1. The molecular weight excluding hydrogens is 185 g/mol. The van der Waals surface area contributed by atoms with Crippen LogP contribution in [-0.2, 0) is 17.6 Å². The maximum Gasteiger partial charge on any atom is 0.307 e. The van der Waals surface area contributed by atoms with Crippen molar-refractivity contribution < 1.29 is 14.3 Å². The van der Waals surface area contributed by atoms with Crippen LogP contribution in [0.25, 0.3) is 0 Å². The highest BCUT2D eigenvalue weighted by molar-refractivity contribution is 5.73. The predicted molar refractivity (Wildman–Crippen MR) is 49.3 cm³/mol. The molecule has 0 heterocycles. The molecule has 0 fully saturated rings. The summed E-state index contributed by atoms with van der Waals surface area (Å²) in [6.45, 7) is 0. The van der Waals surface area contributed by atoms with E-state index in [1.54, 1.807) is 0 Å². The van der Waals surface area contributed by atoms with Crippen LogP contribution in [0.3, 0.4) is 0 Å². The van der Waals surface area contributed by atoms with Crippen LogP contribution in [-0.4, -0.2) is 11.1 Å². The molecule has 4 heteroatoms. The van der Waals surface area contributed by atoms with Crippen LogP contribution in [0, 0.1) is 11.7 Å². The van der Waals surface area contributed by atoms with Crippen molar-refractivity contribution in [2.75, 3.05) is 5.73 Å². The van der Waals surface area contributed by atoms with Gasteiger partial charge in [-0.15, -0.1) is 0 Å². The number of anilines is 1. The molecule has 3 N–H and O–H groups in total. The first kappa shape index (κ1) is 8.99. The first-order valence-corrected chi connectivity index (χ1v) is 4.38. The van der Waals surface area contributed by atoms with Crippen LogP contribution < -0.4 is 5.73 Å². The predicted octanol–water partition coefficient (Wildman–Crippen LogP) is 1.21. The zero-order valence-electron chi connectivity index (χ0n) is 7.46. The summed E-state index contributed by atoms with van der Waals surface area (Å²) in [5, 5.41) is 8.80. The van der Waals surface area contributed by atoms with Crippen molar-refractivity contribution in [2.45, 2.75) is 12.8 Å². The van der Waals surface area contributed by atoms with E-state index in [2.05, 4.69) is 0 Å². The Morgan fingerprint density at radius 1 is 1.43 bits per heavy atom. The molecule has 0 radical (unpaired) electrons. The van der Waals surface area contributed by atoms with Crippen molar-refractivity contribution in [2.24, 2.45) is 5.92 Å². The average molecular weight is 195 g/mol. The van der Waals surface area contributed by atoms with Crippen molar-refractivity contribution in [3.63, 3.8) is 0 Å². The normalized spacial score (nSPS) is 19.4. The summed E-state index contributed by atoms with van der Waals surface area (Å²) < 4.78 is 13.3. The Bertz CT molecular complexity index is 372. The van der Waals surface area contributed by atoms with Gasteiger partial charge in [0.25, 0.3) is 0 Å². The third-order valence-electron chi connectivity index (χ3n) is 2.66. The lowest BCUT2D eigenvalue weighted by Gasteiger charge is -2.03. The van der Waals surface area contributed by atoms with Gasteiger partial charge >= 0.3 is 5.97 Å². The fourth-order valence-electron chi connectivity index (χ4n) is 1.88. The monoisotopic (exact) mass is 195 g/mol. The molecule has 0 saturated heterocycles. The van der Waals surface area contributed by atoms with E-state index in [1.807, 2.05) is 0 Å². The van der Waals surface area contributed by atoms with E-state index in [0.29, 0.717) is 23.2 Å². The largest absolute Gasteiger partial charge is 0.481 e. The summed E-state index contributed by atoms with van der Waals surface area (Å²) in [5.74, 6) is -1.76. The van der Waals surface area contributed by atoms with Gasteiger partial charge in [0.15, 0.2) is 0 Å². The summed E-state index contributed by atoms with van der Waals surface area (Å²) >= 11 is 0. The minimum Gasteiger partial charge on any atom is -0.481 e. The molecule has 0 bridgehead atoms. The van der Waals surface area contributed by atoms with Gasteiger partial charge < -0.3 is 10.8 Å². The molecule has 0 amide bonds. The van der Waals surface area contributed by atoms with Crippen molar-refractivity contribution >= 4 is 11.7 Å². The number of carboxylic acids is 1. The van der Waals surface area contributed by atoms with Crippen molar-refractivity contribution in [1.82, 2.24) is 0 Å². The second-order valence-corrected chi connectivity index (χ2v) is 3.54. The zero-order chi connectivity index (χ0) is 10.3. The van der Waals surface area contributed by atoms with Crippen LogP contribution in [0.2, 0.25) is 0 Å². The third-order valence-corrected chi connectivity index (χ3v) is 2.66. The van der Waals surface area contributed by atoms with Gasteiger partial charge in [0.1, 0.15) is 5.82 Å². The molecule has 0 saturated carbocycles. The number of aliphatic carboxylic acids is 1. The van der Waals surface area contributed by atoms with Gasteiger partial charge in [-0.2, -0.15) is 0 Å². The van der Waals surface area contributed by atoms with E-state index >= 15 is 0 Å². The van der Waals surface area contributed by atoms with Crippen LogP contribution in [0.15, 0.2) is 12.1 Å². The molecule has 1 aliphatic carbocycles. The molecule has 74 valence electrons. The smallest absolute Gasteiger partial charge is 0.307 e. The van der Waals surface area contributed by atoms with Gasteiger partial charge in [0.05, 0.1) is 5.92 Å². The van der Waals surface area contributed by atoms with E-state index in [9.17, 15) is 9.18 Å². The summed E-state index contributed by atoms with van der Waals surface area (Å²) in [7, 11) is 0. The molecule has 0 aromatic heterocycles. The van der Waals surface area contributed by atoms with Crippen LogP contribution in [0.5, 0.6) is 0 Å². The van der Waals surface area contributed by atoms with Crippen LogP contribution in [0.4, 0.5) is 10.1 Å². The molecule has 1 atom stereocenters. The van der Waals surface area contributed by atoms with Crippen LogP contribution >= 0.6 is 0 Å². The second-order valence-electron chi connectivity index (χ2n) is 3.54. The maximum atomic E-state index is 13.3. The van der Waals surface area contributed by atoms with Gasteiger partial charge in [-0.3, -0.25) is 4.79 Å². The van der Waals surface area contributed by atoms with Gasteiger partial charge in [-0.05, 0) is 36.1 Å². The fraction of sp³-hybridized carbons (Fsp3) is 0.300. The topological polar surface area (TPSA) is 63.3 Å². The molecule has 2 rings (SSSR count). The molecular formula is C10H10FNO2. The molecule has 0 spiro atoms. The number of halogens is 1. The summed E-state index contributed by atoms with van der Waals surface area (Å²) in [6.07, 6.45) is 0.593. The second kappa shape index (κ2) is 2.97. The summed E-state index contributed by atoms with van der Waals surface area (Å²) in [6, 6.07) is 2.77. The Balaban J connectivity index is 2.43. The molecule has 1 unspecified atom stereocenters. The van der Waals surface area contributed by atoms with Gasteiger partial charge in [0, 0.05) is 5.69 Å². The number of benzene rings is 1. The fourth-order valence-corrected chi connectivity index (χ4v) is 1.88. The Morgan fingerprint density at radius 2 is 2.07 bits per heavy atom. The minimum absolute atomic E-state index is 0.252. The first-order chi connectivity index (χ1) is 6.59. The Morgan fingerprint density at radius 3 is 2.64 bits per heavy atom. The number of nitrogen functional groups attached to an aromatic ring is 1. The number of fused-ring (bicyclic) bond motifs is 1. The summed E-state index contributed by atoms with van der Waals surface area (Å²) in [4.78, 5) is 10.7. The highest BCUT2D eigenvalue weighted by Crippen LogP contribution is 2.32. The van der Waals surface area contributed by atoms with Crippen molar-refractivity contribution in [3.05, 3.63) is 29.1 Å². The Labute approximate surface area is 80.3 Å². The van der Waals surface area contributed by atoms with Crippen molar-refractivity contribution in [1.29, 1.82) is 0 Å². The lowest BCUT2D eigenvalue weighted by Crippen LogP contribution is -2.13. The Hall–Kier alpha value is -1.58. The number of carbonyl (C=O) groups is 1. The molecule has 3 nitrogen and oxygen atoms in total. The van der Waals surface area contributed by atoms with E-state index in [0.717, 1.165) is 0 Å². The van der Waals surface area contributed by atoms with Crippen molar-refractivity contribution in [3.8, 4) is 0 Å². The highest BCUT2D eigenvalue weighted by atomic mass is 19.1. The highest BCUT2D eigenvalue weighted by Gasteiger charge is 2.30. The first-order valence-electron chi connectivity index (χ1n) is 4.38. The van der Waals surface area contributed by atoms with E-state index < -0.39 is 11.9 Å². The minimum atomic E-state index is -0.889. The lowest BCUT2D eigenvalue weighted by molar-refractivity contribution is -0.141. The molecule has 0 aliphatic heterocycles. The molecule has 1 aromatic rings. The molecule has 14 heavy (non-hydrogen) atoms. The quantitative estimate of drug-likeness (QED) is 0.662. The third kappa shape index (κ3) is 1.23. The SMILES string of the molecule is Nc1ccc(F)c2c1CC(C(=O)O)C2. The molecule has 1 aromatic carbocycles. The van der Waals surface area contributed by atoms with E-state index in [1.165, 1.54) is 12.1 Å². The van der Waals surface area contributed by atoms with E-state index in [4.69, 9.17) is 10.8 Å². The van der Waals surface area contributed by atoms with Gasteiger partial charge in [-0.25, -0.2) is 4.39 Å².